The summed E-state index contributed by atoms with van der Waals surface area (Å²) in [6.07, 6.45) is -3.25. The molecule has 0 unspecified atom stereocenters. The molecule has 1 amide bonds. The summed E-state index contributed by atoms with van der Waals surface area (Å²) in [6.45, 7) is 0. The molecule has 29 heavy (non-hydrogen) atoms. The number of hydrogen-bond donors (Lipinski definition) is 1. The fourth-order valence-corrected chi connectivity index (χ4v) is 2.79. The summed E-state index contributed by atoms with van der Waals surface area (Å²) in [5, 5.41) is 17.3. The predicted octanol–water partition coefficient (Wildman–Crippen LogP) is 4.95. The zero-order valence-electron chi connectivity index (χ0n) is 14.1. The average Bonchev–Trinajstić information content (AvgIpc) is 3.01. The van der Waals surface area contributed by atoms with Crippen molar-refractivity contribution >= 4 is 33.3 Å². The van der Waals surface area contributed by atoms with Crippen LogP contribution >= 0.6 is 15.9 Å². The number of nitrogens with one attached hydrogen (secondary N) is 1. The summed E-state index contributed by atoms with van der Waals surface area (Å²) >= 11 is 3.11. The summed E-state index contributed by atoms with van der Waals surface area (Å²) in [6, 6.07) is 6.72. The summed E-state index contributed by atoms with van der Waals surface area (Å²) in [7, 11) is 0. The van der Waals surface area contributed by atoms with Crippen molar-refractivity contribution in [1.29, 1.82) is 0 Å². The molecule has 0 bridgehead atoms. The first-order valence-electron chi connectivity index (χ1n) is 7.74. The van der Waals surface area contributed by atoms with Crippen LogP contribution in [0.25, 0.3) is 5.69 Å². The molecule has 1 heterocycles. The maximum Gasteiger partial charge on any atom is 0.416 e. The molecule has 150 valence electrons. The molecule has 2 aromatic carbocycles. The van der Waals surface area contributed by atoms with Gasteiger partial charge in [0, 0.05) is 12.3 Å². The number of aromatic nitrogens is 2. The smallest absolute Gasteiger partial charge is 0.304 e. The fraction of sp³-hybridized carbons (Fsp3) is 0.0588. The summed E-state index contributed by atoms with van der Waals surface area (Å²) in [4.78, 5) is 22.6. The van der Waals surface area contributed by atoms with Gasteiger partial charge < -0.3 is 5.32 Å². The summed E-state index contributed by atoms with van der Waals surface area (Å²) in [5.74, 6) is -1.98. The van der Waals surface area contributed by atoms with Crippen LogP contribution in [0.1, 0.15) is 15.9 Å². The molecule has 0 atom stereocenters. The van der Waals surface area contributed by atoms with Crippen molar-refractivity contribution in [3.8, 4) is 5.69 Å². The number of carbonyl (C=O) groups is 1. The largest absolute Gasteiger partial charge is 0.416 e. The van der Waals surface area contributed by atoms with Crippen LogP contribution in [-0.4, -0.2) is 20.6 Å². The van der Waals surface area contributed by atoms with Gasteiger partial charge in [-0.15, -0.1) is 5.10 Å². The standard InChI is InChI=1S/C17H9BrF4N4O3/c18-13-8-25(11-3-1-2-9(6-11)17(20,21)22)24-15(13)23-16(27)12-7-10(19)4-5-14(12)26(28)29/h1-8H,(H,23,24,27). The van der Waals surface area contributed by atoms with E-state index in [1.54, 1.807) is 0 Å². The number of nitro benzene ring substituents is 1. The van der Waals surface area contributed by atoms with Gasteiger partial charge in [-0.2, -0.15) is 13.2 Å². The second kappa shape index (κ2) is 7.62. The quantitative estimate of drug-likeness (QED) is 0.330. The number of benzene rings is 2. The van der Waals surface area contributed by atoms with Crippen LogP contribution in [-0.2, 0) is 6.18 Å². The molecular formula is C17H9BrF4N4O3. The number of carbonyl (C=O) groups excluding carboxylic acids is 1. The molecule has 0 spiro atoms. The summed E-state index contributed by atoms with van der Waals surface area (Å²) < 4.78 is 53.3. The lowest BCUT2D eigenvalue weighted by molar-refractivity contribution is -0.385. The van der Waals surface area contributed by atoms with E-state index in [1.807, 2.05) is 0 Å². The SMILES string of the molecule is O=C(Nc1nn(-c2cccc(C(F)(F)F)c2)cc1Br)c1cc(F)ccc1[N+](=O)[O-]. The zero-order chi connectivity index (χ0) is 21.3. The van der Waals surface area contributed by atoms with Crippen LogP contribution < -0.4 is 5.32 Å². The van der Waals surface area contributed by atoms with Crippen molar-refractivity contribution in [2.75, 3.05) is 5.32 Å². The van der Waals surface area contributed by atoms with Crippen molar-refractivity contribution < 1.29 is 27.3 Å². The highest BCUT2D eigenvalue weighted by Gasteiger charge is 2.30. The third kappa shape index (κ3) is 4.42. The van der Waals surface area contributed by atoms with Gasteiger partial charge in [-0.05, 0) is 46.3 Å². The minimum atomic E-state index is -4.55. The molecule has 3 aromatic rings. The van der Waals surface area contributed by atoms with E-state index >= 15 is 0 Å². The average molecular weight is 473 g/mol. The number of hydrogen-bond acceptors (Lipinski definition) is 4. The zero-order valence-corrected chi connectivity index (χ0v) is 15.7. The molecule has 1 aromatic heterocycles. The third-order valence-electron chi connectivity index (χ3n) is 3.74. The molecule has 0 saturated heterocycles. The summed E-state index contributed by atoms with van der Waals surface area (Å²) in [5.41, 5.74) is -1.96. The Bertz CT molecular complexity index is 1110. The number of halogens is 5. The van der Waals surface area contributed by atoms with Gasteiger partial charge in [0.15, 0.2) is 5.82 Å². The predicted molar refractivity (Wildman–Crippen MR) is 97.3 cm³/mol. The van der Waals surface area contributed by atoms with Crippen molar-refractivity contribution in [2.45, 2.75) is 6.18 Å². The van der Waals surface area contributed by atoms with Crippen molar-refractivity contribution in [3.63, 3.8) is 0 Å². The maximum atomic E-state index is 13.4. The van der Waals surface area contributed by atoms with Gasteiger partial charge in [0.25, 0.3) is 11.6 Å². The molecule has 0 aliphatic rings. The van der Waals surface area contributed by atoms with Crippen LogP contribution in [0.4, 0.5) is 29.1 Å². The Hall–Kier alpha value is -3.28. The molecule has 0 saturated carbocycles. The lowest BCUT2D eigenvalue weighted by Gasteiger charge is -2.08. The molecule has 0 aliphatic heterocycles. The van der Waals surface area contributed by atoms with E-state index in [0.29, 0.717) is 6.07 Å². The highest BCUT2D eigenvalue weighted by Crippen LogP contribution is 2.31. The van der Waals surface area contributed by atoms with E-state index in [1.165, 1.54) is 18.3 Å². The van der Waals surface area contributed by atoms with E-state index in [4.69, 9.17) is 0 Å². The van der Waals surface area contributed by atoms with E-state index in [9.17, 15) is 32.5 Å². The number of nitro groups is 1. The molecule has 12 heteroatoms. The minimum absolute atomic E-state index is 0.0674. The second-order valence-corrected chi connectivity index (χ2v) is 6.55. The highest BCUT2D eigenvalue weighted by atomic mass is 79.9. The number of alkyl halides is 3. The number of rotatable bonds is 4. The Kier molecular flexibility index (Phi) is 5.38. The van der Waals surface area contributed by atoms with Crippen molar-refractivity contribution in [1.82, 2.24) is 9.78 Å². The normalized spacial score (nSPS) is 11.3. The van der Waals surface area contributed by atoms with Gasteiger partial charge in [0.05, 0.1) is 20.6 Å². The van der Waals surface area contributed by atoms with Crippen molar-refractivity contribution in [2.24, 2.45) is 0 Å². The molecule has 7 nitrogen and oxygen atoms in total. The monoisotopic (exact) mass is 472 g/mol. The van der Waals surface area contributed by atoms with Crippen LogP contribution in [0.15, 0.2) is 53.1 Å². The first kappa shape index (κ1) is 20.5. The number of amides is 1. The van der Waals surface area contributed by atoms with E-state index in [0.717, 1.165) is 28.9 Å². The topological polar surface area (TPSA) is 90.1 Å². The third-order valence-corrected chi connectivity index (χ3v) is 4.32. The maximum absolute atomic E-state index is 13.4. The molecular weight excluding hydrogens is 464 g/mol. The number of anilines is 1. The van der Waals surface area contributed by atoms with Crippen LogP contribution in [0.2, 0.25) is 0 Å². The van der Waals surface area contributed by atoms with Gasteiger partial charge in [0.1, 0.15) is 11.4 Å². The lowest BCUT2D eigenvalue weighted by Crippen LogP contribution is -2.15. The van der Waals surface area contributed by atoms with Gasteiger partial charge in [-0.25, -0.2) is 9.07 Å². The van der Waals surface area contributed by atoms with Gasteiger partial charge >= 0.3 is 6.18 Å². The molecule has 0 radical (unpaired) electrons. The number of nitrogens with zero attached hydrogens (tertiary/aromatic N) is 3. The van der Waals surface area contributed by atoms with Gasteiger partial charge in [0.2, 0.25) is 0 Å². The van der Waals surface area contributed by atoms with E-state index < -0.39 is 39.6 Å². The molecule has 1 N–H and O–H groups in total. The molecule has 0 fully saturated rings. The van der Waals surface area contributed by atoms with Crippen LogP contribution in [0, 0.1) is 15.9 Å². The fourth-order valence-electron chi connectivity index (χ4n) is 2.42. The Morgan fingerprint density at radius 2 is 1.93 bits per heavy atom. The van der Waals surface area contributed by atoms with E-state index in [2.05, 4.69) is 26.3 Å². The highest BCUT2D eigenvalue weighted by molar-refractivity contribution is 9.10. The molecule has 0 aliphatic carbocycles. The van der Waals surface area contributed by atoms with Gasteiger partial charge in [-0.3, -0.25) is 14.9 Å². The first-order chi connectivity index (χ1) is 13.6. The minimum Gasteiger partial charge on any atom is -0.304 e. The van der Waals surface area contributed by atoms with Crippen molar-refractivity contribution in [3.05, 3.63) is 80.2 Å². The van der Waals surface area contributed by atoms with E-state index in [-0.39, 0.29) is 16.0 Å². The van der Waals surface area contributed by atoms with Crippen LogP contribution in [0.5, 0.6) is 0 Å². The second-order valence-electron chi connectivity index (χ2n) is 5.69. The Labute approximate surface area is 168 Å². The van der Waals surface area contributed by atoms with Gasteiger partial charge in [-0.1, -0.05) is 6.07 Å². The first-order valence-corrected chi connectivity index (χ1v) is 8.53. The van der Waals surface area contributed by atoms with Crippen LogP contribution in [0.3, 0.4) is 0 Å². The Balaban J connectivity index is 1.92. The Morgan fingerprint density at radius 1 is 1.21 bits per heavy atom. The Morgan fingerprint density at radius 3 is 2.59 bits per heavy atom. The lowest BCUT2D eigenvalue weighted by atomic mass is 10.1. The molecule has 3 rings (SSSR count).